The molecule has 3 rings (SSSR count). The highest BCUT2D eigenvalue weighted by Crippen LogP contribution is 2.29. The van der Waals surface area contributed by atoms with Gasteiger partial charge in [-0.2, -0.15) is 0 Å². The molecule has 1 aromatic carbocycles. The van der Waals surface area contributed by atoms with Crippen molar-refractivity contribution >= 4 is 17.3 Å². The summed E-state index contributed by atoms with van der Waals surface area (Å²) in [6.45, 7) is 2.51. The summed E-state index contributed by atoms with van der Waals surface area (Å²) in [6.07, 6.45) is 0. The molecular formula is C15H13N3O3S. The minimum atomic E-state index is -1.10. The van der Waals surface area contributed by atoms with Crippen molar-refractivity contribution < 1.29 is 14.6 Å². The number of ether oxygens (including phenoxy) is 1. The molecule has 0 saturated carbocycles. The molecular weight excluding hydrogens is 302 g/mol. The van der Waals surface area contributed by atoms with Crippen molar-refractivity contribution in [3.63, 3.8) is 0 Å². The SMILES string of the molecule is CCOc1ccc(-n2nnc(C(=O)O)c2-c2cccs2)cc1. The predicted molar refractivity (Wildman–Crippen MR) is 82.8 cm³/mol. The zero-order valence-corrected chi connectivity index (χ0v) is 12.6. The highest BCUT2D eigenvalue weighted by molar-refractivity contribution is 7.13. The number of thiophene rings is 1. The number of carboxylic acid groups (broad SMARTS) is 1. The fourth-order valence-electron chi connectivity index (χ4n) is 2.09. The minimum Gasteiger partial charge on any atom is -0.494 e. The number of hydrogen-bond donors (Lipinski definition) is 1. The summed E-state index contributed by atoms with van der Waals surface area (Å²) in [5.74, 6) is -0.344. The molecule has 2 heterocycles. The first-order valence-electron chi connectivity index (χ1n) is 6.66. The van der Waals surface area contributed by atoms with Crippen molar-refractivity contribution in [3.8, 4) is 22.0 Å². The molecule has 22 heavy (non-hydrogen) atoms. The highest BCUT2D eigenvalue weighted by atomic mass is 32.1. The van der Waals surface area contributed by atoms with E-state index in [0.29, 0.717) is 12.3 Å². The van der Waals surface area contributed by atoms with Gasteiger partial charge in [0.25, 0.3) is 0 Å². The van der Waals surface area contributed by atoms with Crippen molar-refractivity contribution in [2.24, 2.45) is 0 Å². The Hall–Kier alpha value is -2.67. The van der Waals surface area contributed by atoms with Gasteiger partial charge in [0.15, 0.2) is 5.69 Å². The average molecular weight is 315 g/mol. The Kier molecular flexibility index (Phi) is 3.88. The second kappa shape index (κ2) is 5.98. The van der Waals surface area contributed by atoms with Crippen LogP contribution < -0.4 is 4.74 Å². The number of carboxylic acids is 1. The second-order valence-corrected chi connectivity index (χ2v) is 5.36. The number of rotatable bonds is 5. The van der Waals surface area contributed by atoms with E-state index >= 15 is 0 Å². The molecule has 3 aromatic rings. The van der Waals surface area contributed by atoms with Gasteiger partial charge in [-0.05, 0) is 42.6 Å². The quantitative estimate of drug-likeness (QED) is 0.783. The standard InChI is InChI=1S/C15H13N3O3S/c1-2-21-11-7-5-10(6-8-11)18-14(12-4-3-9-22-12)13(15(19)20)16-17-18/h3-9H,2H2,1H3,(H,19,20). The third kappa shape index (κ3) is 2.58. The van der Waals surface area contributed by atoms with Crippen LogP contribution >= 0.6 is 11.3 Å². The van der Waals surface area contributed by atoms with Crippen LogP contribution in [0.1, 0.15) is 17.4 Å². The molecule has 0 fully saturated rings. The molecule has 112 valence electrons. The van der Waals surface area contributed by atoms with Gasteiger partial charge < -0.3 is 9.84 Å². The van der Waals surface area contributed by atoms with E-state index in [1.54, 1.807) is 0 Å². The van der Waals surface area contributed by atoms with E-state index in [-0.39, 0.29) is 5.69 Å². The number of carbonyl (C=O) groups is 1. The van der Waals surface area contributed by atoms with Crippen LogP contribution in [0, 0.1) is 0 Å². The van der Waals surface area contributed by atoms with Crippen LogP contribution in [0.25, 0.3) is 16.3 Å². The van der Waals surface area contributed by atoms with Gasteiger partial charge in [0.05, 0.1) is 17.2 Å². The lowest BCUT2D eigenvalue weighted by molar-refractivity contribution is 0.0691. The van der Waals surface area contributed by atoms with Gasteiger partial charge in [0, 0.05) is 0 Å². The van der Waals surface area contributed by atoms with E-state index in [0.717, 1.165) is 16.3 Å². The molecule has 0 aliphatic heterocycles. The number of benzene rings is 1. The zero-order valence-electron chi connectivity index (χ0n) is 11.8. The van der Waals surface area contributed by atoms with Crippen molar-refractivity contribution in [1.82, 2.24) is 15.0 Å². The van der Waals surface area contributed by atoms with Crippen molar-refractivity contribution in [3.05, 3.63) is 47.5 Å². The first-order valence-corrected chi connectivity index (χ1v) is 7.54. The summed E-state index contributed by atoms with van der Waals surface area (Å²) in [5, 5.41) is 19.0. The molecule has 0 unspecified atom stereocenters. The van der Waals surface area contributed by atoms with E-state index < -0.39 is 5.97 Å². The van der Waals surface area contributed by atoms with Crippen LogP contribution in [0.15, 0.2) is 41.8 Å². The number of aromatic nitrogens is 3. The zero-order chi connectivity index (χ0) is 15.5. The molecule has 0 saturated heterocycles. The molecule has 0 amide bonds. The second-order valence-electron chi connectivity index (χ2n) is 4.41. The molecule has 0 atom stereocenters. The summed E-state index contributed by atoms with van der Waals surface area (Å²) in [6, 6.07) is 11.0. The molecule has 0 radical (unpaired) electrons. The van der Waals surface area contributed by atoms with Crippen molar-refractivity contribution in [2.75, 3.05) is 6.61 Å². The van der Waals surface area contributed by atoms with Crippen LogP contribution in [-0.4, -0.2) is 32.7 Å². The van der Waals surface area contributed by atoms with Gasteiger partial charge in [-0.15, -0.1) is 16.4 Å². The van der Waals surface area contributed by atoms with Gasteiger partial charge in [-0.3, -0.25) is 0 Å². The summed E-state index contributed by atoms with van der Waals surface area (Å²) < 4.78 is 6.94. The Morgan fingerprint density at radius 1 is 1.32 bits per heavy atom. The Labute approximate surface area is 130 Å². The highest BCUT2D eigenvalue weighted by Gasteiger charge is 2.22. The Morgan fingerprint density at radius 2 is 2.09 bits per heavy atom. The van der Waals surface area contributed by atoms with Gasteiger partial charge in [-0.1, -0.05) is 11.3 Å². The third-order valence-corrected chi connectivity index (χ3v) is 3.90. The molecule has 7 heteroatoms. The van der Waals surface area contributed by atoms with E-state index in [9.17, 15) is 9.90 Å². The average Bonchev–Trinajstić information content (AvgIpc) is 3.17. The maximum Gasteiger partial charge on any atom is 0.358 e. The first kappa shape index (κ1) is 14.3. The lowest BCUT2D eigenvalue weighted by Gasteiger charge is -2.07. The third-order valence-electron chi connectivity index (χ3n) is 3.02. The molecule has 1 N–H and O–H groups in total. The van der Waals surface area contributed by atoms with Gasteiger partial charge >= 0.3 is 5.97 Å². The number of aromatic carboxylic acids is 1. The Morgan fingerprint density at radius 3 is 2.68 bits per heavy atom. The largest absolute Gasteiger partial charge is 0.494 e. The van der Waals surface area contributed by atoms with Crippen molar-refractivity contribution in [2.45, 2.75) is 6.92 Å². The van der Waals surface area contributed by atoms with E-state index in [2.05, 4.69) is 10.3 Å². The van der Waals surface area contributed by atoms with Crippen molar-refractivity contribution in [1.29, 1.82) is 0 Å². The lowest BCUT2D eigenvalue weighted by atomic mass is 10.2. The van der Waals surface area contributed by atoms with E-state index in [1.165, 1.54) is 16.0 Å². The molecule has 0 aliphatic carbocycles. The molecule has 2 aromatic heterocycles. The van der Waals surface area contributed by atoms with Gasteiger partial charge in [0.1, 0.15) is 11.4 Å². The smallest absolute Gasteiger partial charge is 0.358 e. The van der Waals surface area contributed by atoms with E-state index in [4.69, 9.17) is 4.74 Å². The Bertz CT molecular complexity index is 779. The van der Waals surface area contributed by atoms with Crippen LogP contribution in [0.4, 0.5) is 0 Å². The van der Waals surface area contributed by atoms with Crippen LogP contribution in [0.5, 0.6) is 5.75 Å². The molecule has 6 nitrogen and oxygen atoms in total. The molecule has 0 bridgehead atoms. The summed E-state index contributed by atoms with van der Waals surface area (Å²) in [4.78, 5) is 12.2. The Balaban J connectivity index is 2.09. The molecule has 0 spiro atoms. The van der Waals surface area contributed by atoms with Gasteiger partial charge in [-0.25, -0.2) is 9.48 Å². The van der Waals surface area contributed by atoms with Crippen LogP contribution in [-0.2, 0) is 0 Å². The summed E-state index contributed by atoms with van der Waals surface area (Å²) in [5.41, 5.74) is 1.15. The minimum absolute atomic E-state index is 0.0589. The predicted octanol–water partition coefficient (Wildman–Crippen LogP) is 3.09. The summed E-state index contributed by atoms with van der Waals surface area (Å²) >= 11 is 1.44. The first-order chi connectivity index (χ1) is 10.7. The fraction of sp³-hybridized carbons (Fsp3) is 0.133. The number of hydrogen-bond acceptors (Lipinski definition) is 5. The fourth-order valence-corrected chi connectivity index (χ4v) is 2.85. The number of nitrogens with zero attached hydrogens (tertiary/aromatic N) is 3. The maximum absolute atomic E-state index is 11.4. The monoisotopic (exact) mass is 315 g/mol. The van der Waals surface area contributed by atoms with Gasteiger partial charge in [0.2, 0.25) is 0 Å². The molecule has 0 aliphatic rings. The van der Waals surface area contributed by atoms with Crippen LogP contribution in [0.2, 0.25) is 0 Å². The topological polar surface area (TPSA) is 77.2 Å². The maximum atomic E-state index is 11.4. The summed E-state index contributed by atoms with van der Waals surface area (Å²) in [7, 11) is 0. The van der Waals surface area contributed by atoms with E-state index in [1.807, 2.05) is 48.7 Å². The normalized spacial score (nSPS) is 10.6. The lowest BCUT2D eigenvalue weighted by Crippen LogP contribution is -2.02. The van der Waals surface area contributed by atoms with Crippen LogP contribution in [0.3, 0.4) is 0 Å².